The van der Waals surface area contributed by atoms with Gasteiger partial charge in [0.25, 0.3) is 0 Å². The Morgan fingerprint density at radius 3 is 0.700 bits per heavy atom. The van der Waals surface area contributed by atoms with Crippen molar-refractivity contribution < 1.29 is 26.2 Å². The van der Waals surface area contributed by atoms with Crippen LogP contribution in [0.5, 0.6) is 0 Å². The zero-order valence-electron chi connectivity index (χ0n) is 6.34. The molecule has 0 rings (SSSR count). The van der Waals surface area contributed by atoms with Gasteiger partial charge in [-0.2, -0.15) is 15.8 Å². The summed E-state index contributed by atoms with van der Waals surface area (Å²) in [5.41, 5.74) is 0. The van der Waals surface area contributed by atoms with Crippen molar-refractivity contribution in [1.82, 2.24) is 0 Å². The van der Waals surface area contributed by atoms with E-state index in [9.17, 15) is 0 Å². The first kappa shape index (κ1) is 22.8. The average molecular weight is 214 g/mol. The van der Waals surface area contributed by atoms with Crippen molar-refractivity contribution in [3.63, 3.8) is 0 Å². The van der Waals surface area contributed by atoms with Gasteiger partial charge in [-0.1, -0.05) is 0 Å². The van der Waals surface area contributed by atoms with Gasteiger partial charge in [0.05, 0.1) is 18.2 Å². The van der Waals surface area contributed by atoms with Gasteiger partial charge in [0.1, 0.15) is 0 Å². The summed E-state index contributed by atoms with van der Waals surface area (Å²) in [6.45, 7) is 4.29. The molecule has 0 fully saturated rings. The zero-order chi connectivity index (χ0) is 8.12. The van der Waals surface area contributed by atoms with Crippen LogP contribution in [0.15, 0.2) is 0 Å². The summed E-state index contributed by atoms with van der Waals surface area (Å²) in [4.78, 5) is 0. The number of hydrogen-bond donors (Lipinski definition) is 0. The average Bonchev–Trinajstić information content (AvgIpc) is 1.70. The molecule has 0 heterocycles. The quantitative estimate of drug-likeness (QED) is 0.614. The molecule has 0 aliphatic carbocycles. The van der Waals surface area contributed by atoms with Gasteiger partial charge in [-0.25, -0.2) is 0 Å². The minimum atomic E-state index is 0. The Morgan fingerprint density at radius 2 is 0.700 bits per heavy atom. The molecule has 3 nitrogen and oxygen atoms in total. The Balaban J connectivity index is -0.0000000257. The number of hydrogen-bond acceptors (Lipinski definition) is 3. The SMILES string of the molecule is CC#N.CC#N.CC#N.[Zr]. The summed E-state index contributed by atoms with van der Waals surface area (Å²) >= 11 is 0. The molecule has 0 N–H and O–H groups in total. The van der Waals surface area contributed by atoms with Gasteiger partial charge in [0, 0.05) is 47.0 Å². The van der Waals surface area contributed by atoms with Crippen LogP contribution in [0.25, 0.3) is 0 Å². The van der Waals surface area contributed by atoms with E-state index in [1.54, 1.807) is 18.2 Å². The molecule has 0 aromatic rings. The molecule has 0 aromatic carbocycles. The fourth-order valence-electron chi connectivity index (χ4n) is 0. The summed E-state index contributed by atoms with van der Waals surface area (Å²) < 4.78 is 0. The second-order valence-corrected chi connectivity index (χ2v) is 0.671. The number of nitriles is 3. The molecule has 52 valence electrons. The van der Waals surface area contributed by atoms with Gasteiger partial charge in [0.15, 0.2) is 0 Å². The molecule has 0 aliphatic rings. The molecule has 0 saturated heterocycles. The first-order valence-corrected chi connectivity index (χ1v) is 2.17. The molecule has 0 aromatic heterocycles. The summed E-state index contributed by atoms with van der Waals surface area (Å²) in [7, 11) is 0. The Bertz CT molecular complexity index is 106. The predicted octanol–water partition coefficient (Wildman–Crippen LogP) is 1.59. The van der Waals surface area contributed by atoms with E-state index >= 15 is 0 Å². The Labute approximate surface area is 81.0 Å². The second kappa shape index (κ2) is 81.6. The van der Waals surface area contributed by atoms with Crippen LogP contribution in [0, 0.1) is 34.0 Å². The zero-order valence-corrected chi connectivity index (χ0v) is 8.80. The second-order valence-electron chi connectivity index (χ2n) is 0.671. The minimum absolute atomic E-state index is 0. The van der Waals surface area contributed by atoms with Crippen molar-refractivity contribution in [2.24, 2.45) is 0 Å². The fraction of sp³-hybridized carbons (Fsp3) is 0.500. The summed E-state index contributed by atoms with van der Waals surface area (Å²) in [5, 5.41) is 22.0. The molecule has 4 heteroatoms. The number of nitrogens with zero attached hydrogens (tertiary/aromatic N) is 3. The van der Waals surface area contributed by atoms with E-state index in [0.29, 0.717) is 0 Å². The van der Waals surface area contributed by atoms with Gasteiger partial charge in [-0.3, -0.25) is 0 Å². The predicted molar refractivity (Wildman–Crippen MR) is 33.9 cm³/mol. The molecular formula is C6H9N3Zr. The summed E-state index contributed by atoms with van der Waals surface area (Å²) in [6.07, 6.45) is 0. The van der Waals surface area contributed by atoms with E-state index in [-0.39, 0.29) is 26.2 Å². The van der Waals surface area contributed by atoms with E-state index in [1.807, 2.05) is 0 Å². The molecule has 0 bridgehead atoms. The maximum Gasteiger partial charge on any atom is 0.0587 e. The first-order valence-electron chi connectivity index (χ1n) is 2.17. The largest absolute Gasteiger partial charge is 0.199 e. The van der Waals surface area contributed by atoms with Crippen LogP contribution in [0.3, 0.4) is 0 Å². The monoisotopic (exact) mass is 213 g/mol. The Kier molecular flexibility index (Phi) is 186. The van der Waals surface area contributed by atoms with E-state index in [0.717, 1.165) is 0 Å². The van der Waals surface area contributed by atoms with Crippen LogP contribution in [-0.4, -0.2) is 0 Å². The van der Waals surface area contributed by atoms with Crippen molar-refractivity contribution in [1.29, 1.82) is 15.8 Å². The third-order valence-electron chi connectivity index (χ3n) is 0. The van der Waals surface area contributed by atoms with Crippen molar-refractivity contribution >= 4 is 0 Å². The smallest absolute Gasteiger partial charge is 0.0587 e. The summed E-state index contributed by atoms with van der Waals surface area (Å²) in [5.74, 6) is 0. The van der Waals surface area contributed by atoms with Crippen LogP contribution < -0.4 is 0 Å². The molecule has 10 heavy (non-hydrogen) atoms. The van der Waals surface area contributed by atoms with Crippen LogP contribution in [-0.2, 0) is 26.2 Å². The van der Waals surface area contributed by atoms with Gasteiger partial charge in [0.2, 0.25) is 0 Å². The van der Waals surface area contributed by atoms with Crippen molar-refractivity contribution in [2.75, 3.05) is 0 Å². The molecule has 0 atom stereocenters. The van der Waals surface area contributed by atoms with Crippen LogP contribution >= 0.6 is 0 Å². The normalized spacial score (nSPS) is 2.40. The van der Waals surface area contributed by atoms with Crippen molar-refractivity contribution in [3.05, 3.63) is 0 Å². The van der Waals surface area contributed by atoms with E-state index in [1.165, 1.54) is 20.8 Å². The van der Waals surface area contributed by atoms with Gasteiger partial charge in [-0.05, 0) is 0 Å². The molecule has 0 radical (unpaired) electrons. The Hall–Kier alpha value is -0.647. The summed E-state index contributed by atoms with van der Waals surface area (Å²) in [6, 6.07) is 5.25. The molecule has 0 unspecified atom stereocenters. The topological polar surface area (TPSA) is 71.4 Å². The Morgan fingerprint density at radius 1 is 0.700 bits per heavy atom. The number of rotatable bonds is 0. The molecule has 0 aliphatic heterocycles. The van der Waals surface area contributed by atoms with Gasteiger partial charge >= 0.3 is 0 Å². The van der Waals surface area contributed by atoms with Crippen molar-refractivity contribution in [3.8, 4) is 18.2 Å². The van der Waals surface area contributed by atoms with Crippen LogP contribution in [0.2, 0.25) is 0 Å². The fourth-order valence-corrected chi connectivity index (χ4v) is 0. The third-order valence-corrected chi connectivity index (χ3v) is 0. The van der Waals surface area contributed by atoms with Crippen molar-refractivity contribution in [2.45, 2.75) is 20.8 Å². The molecular weight excluding hydrogens is 205 g/mol. The van der Waals surface area contributed by atoms with E-state index in [4.69, 9.17) is 15.8 Å². The maximum atomic E-state index is 7.32. The minimum Gasteiger partial charge on any atom is -0.199 e. The van der Waals surface area contributed by atoms with Crippen LogP contribution in [0.1, 0.15) is 20.8 Å². The standard InChI is InChI=1S/3C2H3N.Zr/c3*1-2-3;/h3*1H3;. The maximum absolute atomic E-state index is 7.32. The molecule has 0 amide bonds. The van der Waals surface area contributed by atoms with E-state index in [2.05, 4.69) is 0 Å². The molecule has 0 spiro atoms. The van der Waals surface area contributed by atoms with Crippen LogP contribution in [0.4, 0.5) is 0 Å². The third kappa shape index (κ3) is 709. The van der Waals surface area contributed by atoms with Gasteiger partial charge in [-0.15, -0.1) is 0 Å². The molecule has 0 saturated carbocycles. The first-order chi connectivity index (χ1) is 4.24. The van der Waals surface area contributed by atoms with Gasteiger partial charge < -0.3 is 0 Å². The van der Waals surface area contributed by atoms with E-state index < -0.39 is 0 Å².